The number of rotatable bonds is 6. The Morgan fingerprint density at radius 2 is 1.71 bits per heavy atom. The molecule has 0 saturated carbocycles. The van der Waals surface area contributed by atoms with Crippen molar-refractivity contribution >= 4 is 33.2 Å². The van der Waals surface area contributed by atoms with Gasteiger partial charge in [-0.1, -0.05) is 11.6 Å². The zero-order valence-electron chi connectivity index (χ0n) is 15.3. The number of hydrogen-bond acceptors (Lipinski definition) is 5. The highest BCUT2D eigenvalue weighted by molar-refractivity contribution is 7.89. The second-order valence-electron chi connectivity index (χ2n) is 6.24. The number of hydrogen-bond donors (Lipinski definition) is 1. The van der Waals surface area contributed by atoms with Gasteiger partial charge in [0.05, 0.1) is 18.1 Å². The minimum atomic E-state index is -3.56. The van der Waals surface area contributed by atoms with E-state index in [1.54, 1.807) is 43.3 Å². The molecular formula is C19H21ClN2O5S. The van der Waals surface area contributed by atoms with Crippen LogP contribution in [0.15, 0.2) is 53.4 Å². The van der Waals surface area contributed by atoms with Gasteiger partial charge in [-0.2, -0.15) is 4.31 Å². The van der Waals surface area contributed by atoms with Gasteiger partial charge >= 0.3 is 0 Å². The third-order valence-electron chi connectivity index (χ3n) is 4.23. The van der Waals surface area contributed by atoms with Crippen LogP contribution < -0.4 is 10.1 Å². The molecule has 1 saturated heterocycles. The summed E-state index contributed by atoms with van der Waals surface area (Å²) in [6, 6.07) is 12.8. The number of morpholine rings is 1. The number of carbonyl (C=O) groups is 1. The first-order valence-electron chi connectivity index (χ1n) is 8.77. The lowest BCUT2D eigenvalue weighted by Gasteiger charge is -2.26. The van der Waals surface area contributed by atoms with Gasteiger partial charge in [-0.25, -0.2) is 8.42 Å². The number of ether oxygens (including phenoxy) is 2. The highest BCUT2D eigenvalue weighted by atomic mass is 35.5. The van der Waals surface area contributed by atoms with E-state index < -0.39 is 16.1 Å². The molecule has 1 aliphatic heterocycles. The summed E-state index contributed by atoms with van der Waals surface area (Å²) in [5.41, 5.74) is 0.484. The topological polar surface area (TPSA) is 84.9 Å². The standard InChI is InChI=1S/C19H21ClN2O5S/c1-14(27-17-6-2-15(20)3-7-17)19(23)21-16-4-8-18(9-5-16)28(24,25)22-10-12-26-13-11-22/h2-9,14H,10-13H2,1H3,(H,21,23)/t14-/m0/s1. The van der Waals surface area contributed by atoms with Gasteiger partial charge < -0.3 is 14.8 Å². The Morgan fingerprint density at radius 1 is 1.11 bits per heavy atom. The Bertz CT molecular complexity index is 910. The molecular weight excluding hydrogens is 404 g/mol. The fourth-order valence-electron chi connectivity index (χ4n) is 2.66. The van der Waals surface area contributed by atoms with Gasteiger partial charge in [0.25, 0.3) is 5.91 Å². The van der Waals surface area contributed by atoms with Crippen molar-refractivity contribution in [3.8, 4) is 5.75 Å². The number of nitrogens with one attached hydrogen (secondary N) is 1. The largest absolute Gasteiger partial charge is 0.481 e. The van der Waals surface area contributed by atoms with E-state index in [1.165, 1.54) is 16.4 Å². The van der Waals surface area contributed by atoms with Crippen LogP contribution in [0.2, 0.25) is 5.02 Å². The summed E-state index contributed by atoms with van der Waals surface area (Å²) < 4.78 is 37.4. The van der Waals surface area contributed by atoms with Crippen LogP contribution in [0.1, 0.15) is 6.92 Å². The zero-order chi connectivity index (χ0) is 20.1. The zero-order valence-corrected chi connectivity index (χ0v) is 16.9. The van der Waals surface area contributed by atoms with Crippen LogP contribution in [-0.4, -0.2) is 51.0 Å². The van der Waals surface area contributed by atoms with Crippen molar-refractivity contribution in [2.75, 3.05) is 31.6 Å². The smallest absolute Gasteiger partial charge is 0.265 e. The van der Waals surface area contributed by atoms with E-state index in [-0.39, 0.29) is 10.8 Å². The Balaban J connectivity index is 1.61. The second-order valence-corrected chi connectivity index (χ2v) is 8.62. The van der Waals surface area contributed by atoms with Crippen molar-refractivity contribution in [2.45, 2.75) is 17.9 Å². The van der Waals surface area contributed by atoms with Crippen molar-refractivity contribution in [3.63, 3.8) is 0 Å². The summed E-state index contributed by atoms with van der Waals surface area (Å²) in [6.07, 6.45) is -0.738. The molecule has 2 aromatic carbocycles. The van der Waals surface area contributed by atoms with Gasteiger partial charge in [0.2, 0.25) is 10.0 Å². The molecule has 3 rings (SSSR count). The van der Waals surface area contributed by atoms with Crippen LogP contribution in [-0.2, 0) is 19.6 Å². The summed E-state index contributed by atoms with van der Waals surface area (Å²) in [4.78, 5) is 12.5. The van der Waals surface area contributed by atoms with Gasteiger partial charge in [0.15, 0.2) is 6.10 Å². The molecule has 0 spiro atoms. The maximum atomic E-state index is 12.6. The average Bonchev–Trinajstić information content (AvgIpc) is 2.70. The molecule has 0 aromatic heterocycles. The maximum absolute atomic E-state index is 12.6. The molecule has 1 amide bonds. The molecule has 1 heterocycles. The number of carbonyl (C=O) groups excluding carboxylic acids is 1. The van der Waals surface area contributed by atoms with Crippen LogP contribution in [0.5, 0.6) is 5.75 Å². The number of amides is 1. The van der Waals surface area contributed by atoms with Crippen molar-refractivity contribution in [1.82, 2.24) is 4.31 Å². The van der Waals surface area contributed by atoms with Crippen molar-refractivity contribution in [2.24, 2.45) is 0 Å². The number of sulfonamides is 1. The third kappa shape index (κ3) is 5.02. The molecule has 7 nitrogen and oxygen atoms in total. The van der Waals surface area contributed by atoms with Crippen LogP contribution in [0.25, 0.3) is 0 Å². The number of halogens is 1. The van der Waals surface area contributed by atoms with Gasteiger partial charge in [-0.3, -0.25) is 4.79 Å². The van der Waals surface area contributed by atoms with Gasteiger partial charge in [0, 0.05) is 23.8 Å². The van der Waals surface area contributed by atoms with Crippen LogP contribution in [0, 0.1) is 0 Å². The molecule has 1 fully saturated rings. The van der Waals surface area contributed by atoms with E-state index in [0.29, 0.717) is 42.8 Å². The van der Waals surface area contributed by atoms with Crippen molar-refractivity contribution < 1.29 is 22.7 Å². The second kappa shape index (κ2) is 8.91. The van der Waals surface area contributed by atoms with Crippen molar-refractivity contribution in [1.29, 1.82) is 0 Å². The summed E-state index contributed by atoms with van der Waals surface area (Å²) in [7, 11) is -3.56. The van der Waals surface area contributed by atoms with E-state index in [2.05, 4.69) is 5.32 Å². The lowest BCUT2D eigenvalue weighted by atomic mass is 10.3. The molecule has 0 unspecified atom stereocenters. The minimum absolute atomic E-state index is 0.179. The summed E-state index contributed by atoms with van der Waals surface area (Å²) in [6.45, 7) is 3.07. The van der Waals surface area contributed by atoms with Crippen LogP contribution in [0.3, 0.4) is 0 Å². The molecule has 0 aliphatic carbocycles. The summed E-state index contributed by atoms with van der Waals surface area (Å²) >= 11 is 5.83. The lowest BCUT2D eigenvalue weighted by Crippen LogP contribution is -2.40. The quantitative estimate of drug-likeness (QED) is 0.770. The Kier molecular flexibility index (Phi) is 6.56. The first-order chi connectivity index (χ1) is 13.4. The molecule has 1 aliphatic rings. The van der Waals surface area contributed by atoms with E-state index >= 15 is 0 Å². The Hall–Kier alpha value is -2.13. The molecule has 0 bridgehead atoms. The number of benzene rings is 2. The van der Waals surface area contributed by atoms with E-state index in [4.69, 9.17) is 21.1 Å². The number of anilines is 1. The Labute approximate surface area is 169 Å². The molecule has 150 valence electrons. The van der Waals surface area contributed by atoms with E-state index in [0.717, 1.165) is 0 Å². The highest BCUT2D eigenvalue weighted by Crippen LogP contribution is 2.20. The maximum Gasteiger partial charge on any atom is 0.265 e. The van der Waals surface area contributed by atoms with Gasteiger partial charge in [-0.05, 0) is 55.5 Å². The Morgan fingerprint density at radius 3 is 2.32 bits per heavy atom. The summed E-state index contributed by atoms with van der Waals surface area (Å²) in [5, 5.41) is 3.29. The fourth-order valence-corrected chi connectivity index (χ4v) is 4.19. The minimum Gasteiger partial charge on any atom is -0.481 e. The normalized spacial score (nSPS) is 16.4. The first-order valence-corrected chi connectivity index (χ1v) is 10.6. The van der Waals surface area contributed by atoms with E-state index in [1.807, 2.05) is 0 Å². The monoisotopic (exact) mass is 424 g/mol. The SMILES string of the molecule is C[C@H](Oc1ccc(Cl)cc1)C(=O)Nc1ccc(S(=O)(=O)N2CCOCC2)cc1. The van der Waals surface area contributed by atoms with Gasteiger partial charge in [-0.15, -0.1) is 0 Å². The molecule has 1 N–H and O–H groups in total. The van der Waals surface area contributed by atoms with Crippen LogP contribution in [0.4, 0.5) is 5.69 Å². The third-order valence-corrected chi connectivity index (χ3v) is 6.39. The molecule has 2 aromatic rings. The average molecular weight is 425 g/mol. The summed E-state index contributed by atoms with van der Waals surface area (Å²) in [5.74, 6) is 0.178. The molecule has 1 atom stereocenters. The van der Waals surface area contributed by atoms with E-state index in [9.17, 15) is 13.2 Å². The fraction of sp³-hybridized carbons (Fsp3) is 0.316. The van der Waals surface area contributed by atoms with Crippen LogP contribution >= 0.6 is 11.6 Å². The molecule has 28 heavy (non-hydrogen) atoms. The predicted octanol–water partition coefficient (Wildman–Crippen LogP) is 2.77. The predicted molar refractivity (Wildman–Crippen MR) is 106 cm³/mol. The first kappa shape index (κ1) is 20.6. The number of nitrogens with zero attached hydrogens (tertiary/aromatic N) is 1. The van der Waals surface area contributed by atoms with Gasteiger partial charge in [0.1, 0.15) is 5.75 Å². The molecule has 9 heteroatoms. The highest BCUT2D eigenvalue weighted by Gasteiger charge is 2.26. The lowest BCUT2D eigenvalue weighted by molar-refractivity contribution is -0.122. The molecule has 0 radical (unpaired) electrons. The van der Waals surface area contributed by atoms with Crippen molar-refractivity contribution in [3.05, 3.63) is 53.6 Å².